The van der Waals surface area contributed by atoms with Crippen LogP contribution in [0.15, 0.2) is 12.2 Å². The van der Waals surface area contributed by atoms with E-state index in [1.807, 2.05) is 19.9 Å². The largest absolute Gasteiger partial charge is 0.466 e. The van der Waals surface area contributed by atoms with Gasteiger partial charge in [-0.05, 0) is 46.1 Å². The number of ether oxygens (including phenoxy) is 1. The van der Waals surface area contributed by atoms with Crippen LogP contribution >= 0.6 is 0 Å². The first-order chi connectivity index (χ1) is 11.7. The number of piperazine rings is 1. The van der Waals surface area contributed by atoms with E-state index in [0.29, 0.717) is 0 Å². The minimum atomic E-state index is -0.291. The van der Waals surface area contributed by atoms with Crippen LogP contribution in [-0.4, -0.2) is 93.7 Å². The molecule has 0 aromatic rings. The van der Waals surface area contributed by atoms with Crippen LogP contribution in [0.4, 0.5) is 0 Å². The third-order valence-corrected chi connectivity index (χ3v) is 4.03. The maximum Gasteiger partial charge on any atom is 0.330 e. The van der Waals surface area contributed by atoms with Crippen molar-refractivity contribution in [2.45, 2.75) is 26.7 Å². The second-order valence-electron chi connectivity index (χ2n) is 5.87. The van der Waals surface area contributed by atoms with Crippen molar-refractivity contribution in [2.75, 3.05) is 73.1 Å². The standard InChI is InChI=1S/C16H32N4O2.C2H6/c1-18(8-3-6-16(21)22-2)9-5-11-20-14-12-19(13-15-20)10-4-7-17;1-2/h3,6H,4-5,7-15,17H2,1-2H3;1-2H3/b6-3+;. The van der Waals surface area contributed by atoms with Crippen molar-refractivity contribution in [1.82, 2.24) is 14.7 Å². The fourth-order valence-electron chi connectivity index (χ4n) is 2.60. The molecular formula is C18H38N4O2. The molecule has 0 amide bonds. The summed E-state index contributed by atoms with van der Waals surface area (Å²) in [6.45, 7) is 13.6. The summed E-state index contributed by atoms with van der Waals surface area (Å²) in [5, 5.41) is 0. The fourth-order valence-corrected chi connectivity index (χ4v) is 2.60. The number of esters is 1. The van der Waals surface area contributed by atoms with E-state index >= 15 is 0 Å². The van der Waals surface area contributed by atoms with Gasteiger partial charge in [0.1, 0.15) is 0 Å². The molecule has 24 heavy (non-hydrogen) atoms. The third kappa shape index (κ3) is 11.6. The summed E-state index contributed by atoms with van der Waals surface area (Å²) < 4.78 is 4.56. The molecule has 0 radical (unpaired) electrons. The van der Waals surface area contributed by atoms with Crippen LogP contribution < -0.4 is 5.73 Å². The molecular weight excluding hydrogens is 304 g/mol. The van der Waals surface area contributed by atoms with Gasteiger partial charge in [-0.3, -0.25) is 0 Å². The molecule has 0 spiro atoms. The van der Waals surface area contributed by atoms with Gasteiger partial charge in [0.2, 0.25) is 0 Å². The first kappa shape index (κ1) is 23.1. The molecule has 0 aromatic carbocycles. The lowest BCUT2D eigenvalue weighted by atomic mass is 10.2. The number of rotatable bonds is 10. The van der Waals surface area contributed by atoms with Crippen molar-refractivity contribution in [3.63, 3.8) is 0 Å². The molecule has 0 unspecified atom stereocenters. The summed E-state index contributed by atoms with van der Waals surface area (Å²) >= 11 is 0. The van der Waals surface area contributed by atoms with E-state index in [1.165, 1.54) is 13.2 Å². The van der Waals surface area contributed by atoms with Crippen molar-refractivity contribution >= 4 is 5.97 Å². The van der Waals surface area contributed by atoms with Gasteiger partial charge in [-0.2, -0.15) is 0 Å². The Bertz CT molecular complexity index is 329. The Morgan fingerprint density at radius 2 is 1.67 bits per heavy atom. The smallest absolute Gasteiger partial charge is 0.330 e. The Balaban J connectivity index is 0.00000254. The van der Waals surface area contributed by atoms with Gasteiger partial charge in [-0.25, -0.2) is 4.79 Å². The highest BCUT2D eigenvalue weighted by Gasteiger charge is 2.15. The van der Waals surface area contributed by atoms with Gasteiger partial charge in [0.25, 0.3) is 0 Å². The van der Waals surface area contributed by atoms with Crippen molar-refractivity contribution < 1.29 is 9.53 Å². The lowest BCUT2D eigenvalue weighted by Gasteiger charge is -2.34. The quantitative estimate of drug-likeness (QED) is 0.473. The Kier molecular flexibility index (Phi) is 15.0. The normalized spacial score (nSPS) is 16.2. The topological polar surface area (TPSA) is 62.0 Å². The highest BCUT2D eigenvalue weighted by Crippen LogP contribution is 2.03. The van der Waals surface area contributed by atoms with Crippen molar-refractivity contribution in [2.24, 2.45) is 5.73 Å². The maximum atomic E-state index is 11.0. The molecule has 1 rings (SSSR count). The summed E-state index contributed by atoms with van der Waals surface area (Å²) in [7, 11) is 3.47. The zero-order chi connectivity index (χ0) is 18.2. The average Bonchev–Trinajstić information content (AvgIpc) is 2.62. The Hall–Kier alpha value is -0.950. The molecule has 0 atom stereocenters. The van der Waals surface area contributed by atoms with Crippen LogP contribution in [-0.2, 0) is 9.53 Å². The number of hydrogen-bond donors (Lipinski definition) is 1. The summed E-state index contributed by atoms with van der Waals surface area (Å²) in [5.74, 6) is -0.291. The summed E-state index contributed by atoms with van der Waals surface area (Å²) in [5.41, 5.74) is 5.55. The number of carbonyl (C=O) groups excluding carboxylic acids is 1. The molecule has 1 fully saturated rings. The minimum absolute atomic E-state index is 0.291. The molecule has 0 saturated carbocycles. The summed E-state index contributed by atoms with van der Waals surface area (Å²) in [6, 6.07) is 0. The first-order valence-electron chi connectivity index (χ1n) is 9.23. The molecule has 0 aromatic heterocycles. The number of carbonyl (C=O) groups is 1. The highest BCUT2D eigenvalue weighted by molar-refractivity contribution is 5.81. The van der Waals surface area contributed by atoms with Crippen LogP contribution in [0.3, 0.4) is 0 Å². The highest BCUT2D eigenvalue weighted by atomic mass is 16.5. The number of hydrogen-bond acceptors (Lipinski definition) is 6. The molecule has 2 N–H and O–H groups in total. The molecule has 1 aliphatic rings. The SMILES string of the molecule is CC.COC(=O)/C=C/CN(C)CCCN1CCN(CCCN)CC1. The lowest BCUT2D eigenvalue weighted by Crippen LogP contribution is -2.47. The fraction of sp³-hybridized carbons (Fsp3) is 0.833. The monoisotopic (exact) mass is 342 g/mol. The van der Waals surface area contributed by atoms with Gasteiger partial charge in [-0.1, -0.05) is 19.9 Å². The number of nitrogens with two attached hydrogens (primary N) is 1. The van der Waals surface area contributed by atoms with Gasteiger partial charge >= 0.3 is 5.97 Å². The second kappa shape index (κ2) is 15.6. The molecule has 6 heteroatoms. The van der Waals surface area contributed by atoms with E-state index in [0.717, 1.165) is 71.7 Å². The molecule has 1 aliphatic heterocycles. The minimum Gasteiger partial charge on any atom is -0.466 e. The summed E-state index contributed by atoms with van der Waals surface area (Å²) in [4.78, 5) is 18.2. The van der Waals surface area contributed by atoms with Gasteiger partial charge < -0.3 is 25.2 Å². The van der Waals surface area contributed by atoms with Crippen LogP contribution in [0.1, 0.15) is 26.7 Å². The molecule has 142 valence electrons. The van der Waals surface area contributed by atoms with Crippen molar-refractivity contribution in [1.29, 1.82) is 0 Å². The van der Waals surface area contributed by atoms with Crippen molar-refractivity contribution in [3.8, 4) is 0 Å². The molecule has 1 heterocycles. The van der Waals surface area contributed by atoms with Gasteiger partial charge in [0, 0.05) is 38.8 Å². The third-order valence-electron chi connectivity index (χ3n) is 4.03. The number of methoxy groups -OCH3 is 1. The van der Waals surface area contributed by atoms with E-state index in [2.05, 4.69) is 26.5 Å². The molecule has 0 aliphatic carbocycles. The Labute approximate surface area is 148 Å². The van der Waals surface area contributed by atoms with Crippen LogP contribution in [0.5, 0.6) is 0 Å². The van der Waals surface area contributed by atoms with Gasteiger partial charge in [0.05, 0.1) is 7.11 Å². The van der Waals surface area contributed by atoms with E-state index in [4.69, 9.17) is 5.73 Å². The molecule has 1 saturated heterocycles. The lowest BCUT2D eigenvalue weighted by molar-refractivity contribution is -0.134. The zero-order valence-corrected chi connectivity index (χ0v) is 16.2. The number of nitrogens with zero attached hydrogens (tertiary/aromatic N) is 3. The van der Waals surface area contributed by atoms with Gasteiger partial charge in [-0.15, -0.1) is 0 Å². The maximum absolute atomic E-state index is 11.0. The molecule has 0 bridgehead atoms. The average molecular weight is 343 g/mol. The summed E-state index contributed by atoms with van der Waals surface area (Å²) in [6.07, 6.45) is 5.59. The first-order valence-corrected chi connectivity index (χ1v) is 9.23. The Morgan fingerprint density at radius 1 is 1.12 bits per heavy atom. The van der Waals surface area contributed by atoms with Gasteiger partial charge in [0.15, 0.2) is 0 Å². The Morgan fingerprint density at radius 3 is 2.17 bits per heavy atom. The predicted octanol–water partition coefficient (Wildman–Crippen LogP) is 1.03. The van der Waals surface area contributed by atoms with E-state index in [9.17, 15) is 4.79 Å². The zero-order valence-electron chi connectivity index (χ0n) is 16.2. The molecule has 6 nitrogen and oxygen atoms in total. The van der Waals surface area contributed by atoms with E-state index in [1.54, 1.807) is 0 Å². The van der Waals surface area contributed by atoms with Crippen LogP contribution in [0.2, 0.25) is 0 Å². The van der Waals surface area contributed by atoms with E-state index < -0.39 is 0 Å². The predicted molar refractivity (Wildman–Crippen MR) is 101 cm³/mol. The van der Waals surface area contributed by atoms with Crippen LogP contribution in [0.25, 0.3) is 0 Å². The number of likely N-dealkylation sites (N-methyl/N-ethyl adjacent to an activating group) is 1. The second-order valence-corrected chi connectivity index (χ2v) is 5.87. The van der Waals surface area contributed by atoms with E-state index in [-0.39, 0.29) is 5.97 Å². The van der Waals surface area contributed by atoms with Crippen molar-refractivity contribution in [3.05, 3.63) is 12.2 Å². The van der Waals surface area contributed by atoms with Crippen LogP contribution in [0, 0.1) is 0 Å².